The summed E-state index contributed by atoms with van der Waals surface area (Å²) in [6, 6.07) is 4.11. The molecule has 1 aromatic rings. The maximum atomic E-state index is 12.1. The molecule has 0 radical (unpaired) electrons. The van der Waals surface area contributed by atoms with Crippen molar-refractivity contribution in [1.82, 2.24) is 10.2 Å². The van der Waals surface area contributed by atoms with Crippen LogP contribution in [-0.4, -0.2) is 49.8 Å². The zero-order valence-electron chi connectivity index (χ0n) is 13.4. The highest BCUT2D eigenvalue weighted by Gasteiger charge is 2.42. The van der Waals surface area contributed by atoms with Crippen LogP contribution in [0.3, 0.4) is 0 Å². The first-order chi connectivity index (χ1) is 11.0. The highest BCUT2D eigenvalue weighted by atomic mass is 35.5. The van der Waals surface area contributed by atoms with Gasteiger partial charge in [0.15, 0.2) is 9.84 Å². The van der Waals surface area contributed by atoms with Gasteiger partial charge in [-0.1, -0.05) is 17.7 Å². The van der Waals surface area contributed by atoms with Gasteiger partial charge in [-0.2, -0.15) is 0 Å². The lowest BCUT2D eigenvalue weighted by Crippen LogP contribution is -2.40. The lowest BCUT2D eigenvalue weighted by atomic mass is 9.90. The van der Waals surface area contributed by atoms with Gasteiger partial charge in [-0.25, -0.2) is 13.2 Å². The molecule has 1 atom stereocenters. The van der Waals surface area contributed by atoms with E-state index in [4.69, 9.17) is 11.6 Å². The van der Waals surface area contributed by atoms with Crippen molar-refractivity contribution in [3.63, 3.8) is 0 Å². The van der Waals surface area contributed by atoms with Gasteiger partial charge in [0.1, 0.15) is 0 Å². The van der Waals surface area contributed by atoms with Crippen molar-refractivity contribution in [3.8, 4) is 0 Å². The number of carboxylic acids is 1. The molecule has 1 fully saturated rings. The van der Waals surface area contributed by atoms with E-state index in [1.54, 1.807) is 13.0 Å². The van der Waals surface area contributed by atoms with Gasteiger partial charge < -0.3 is 15.3 Å². The van der Waals surface area contributed by atoms with E-state index in [1.165, 1.54) is 17.0 Å². The first kappa shape index (κ1) is 18.5. The summed E-state index contributed by atoms with van der Waals surface area (Å²) in [5.41, 5.74) is -0.265. The first-order valence-electron chi connectivity index (χ1n) is 7.27. The summed E-state index contributed by atoms with van der Waals surface area (Å²) in [4.78, 5) is 24.8. The molecule has 0 aliphatic carbocycles. The Kier molecular flexibility index (Phi) is 5.10. The van der Waals surface area contributed by atoms with Crippen molar-refractivity contribution >= 4 is 33.4 Å². The zero-order valence-corrected chi connectivity index (χ0v) is 14.9. The van der Waals surface area contributed by atoms with Crippen molar-refractivity contribution in [2.45, 2.75) is 24.8 Å². The Morgan fingerprint density at radius 1 is 1.42 bits per heavy atom. The molecule has 2 amide bonds. The first-order valence-corrected chi connectivity index (χ1v) is 9.54. The van der Waals surface area contributed by atoms with Crippen LogP contribution in [0.5, 0.6) is 0 Å². The predicted molar refractivity (Wildman–Crippen MR) is 88.7 cm³/mol. The molecule has 24 heavy (non-hydrogen) atoms. The number of nitrogens with one attached hydrogen (secondary N) is 1. The van der Waals surface area contributed by atoms with Crippen LogP contribution in [0.15, 0.2) is 23.1 Å². The Morgan fingerprint density at radius 2 is 2.08 bits per heavy atom. The number of benzene rings is 1. The smallest absolute Gasteiger partial charge is 0.317 e. The van der Waals surface area contributed by atoms with Gasteiger partial charge in [-0.3, -0.25) is 4.79 Å². The molecule has 9 heteroatoms. The Labute approximate surface area is 145 Å². The molecule has 0 aromatic heterocycles. The molecule has 1 saturated heterocycles. The lowest BCUT2D eigenvalue weighted by Gasteiger charge is -2.20. The summed E-state index contributed by atoms with van der Waals surface area (Å²) in [5, 5.41) is 12.0. The van der Waals surface area contributed by atoms with Gasteiger partial charge in [0, 0.05) is 25.9 Å². The number of amides is 2. The molecular weight excluding hydrogens is 356 g/mol. The number of aliphatic carboxylic acids is 1. The second-order valence-corrected chi connectivity index (χ2v) is 8.62. The third-order valence-corrected chi connectivity index (χ3v) is 5.70. The van der Waals surface area contributed by atoms with Crippen LogP contribution < -0.4 is 5.32 Å². The fourth-order valence-electron chi connectivity index (χ4n) is 2.55. The van der Waals surface area contributed by atoms with E-state index >= 15 is 0 Å². The number of nitrogens with zero attached hydrogens (tertiary/aromatic N) is 1. The van der Waals surface area contributed by atoms with Crippen LogP contribution in [0.1, 0.15) is 18.9 Å². The van der Waals surface area contributed by atoms with Crippen LogP contribution in [-0.2, 0) is 21.2 Å². The average Bonchev–Trinajstić information content (AvgIpc) is 2.87. The molecule has 7 nitrogen and oxygen atoms in total. The van der Waals surface area contributed by atoms with Gasteiger partial charge in [0.2, 0.25) is 0 Å². The number of hydrogen-bond acceptors (Lipinski definition) is 4. The molecule has 0 spiro atoms. The fraction of sp³-hybridized carbons (Fsp3) is 0.467. The van der Waals surface area contributed by atoms with Crippen molar-refractivity contribution in [1.29, 1.82) is 0 Å². The second kappa shape index (κ2) is 6.60. The largest absolute Gasteiger partial charge is 0.481 e. The van der Waals surface area contributed by atoms with Gasteiger partial charge in [0.25, 0.3) is 0 Å². The van der Waals surface area contributed by atoms with Crippen molar-refractivity contribution in [2.75, 3.05) is 19.3 Å². The van der Waals surface area contributed by atoms with Crippen LogP contribution >= 0.6 is 11.6 Å². The molecule has 2 rings (SSSR count). The number of urea groups is 1. The molecule has 1 aliphatic heterocycles. The van der Waals surface area contributed by atoms with Crippen LogP contribution in [0.2, 0.25) is 5.02 Å². The fourth-order valence-corrected chi connectivity index (χ4v) is 3.91. The Morgan fingerprint density at radius 3 is 2.58 bits per heavy atom. The van der Waals surface area contributed by atoms with Crippen molar-refractivity contribution in [3.05, 3.63) is 28.8 Å². The number of hydrogen-bond donors (Lipinski definition) is 2. The molecular formula is C15H19ClN2O5S. The van der Waals surface area contributed by atoms with E-state index in [1.807, 2.05) is 0 Å². The SMILES string of the molecule is CC1(C(=O)O)CCN(C(=O)NCc2ccc(S(C)(=O)=O)c(Cl)c2)C1. The maximum Gasteiger partial charge on any atom is 0.317 e. The van der Waals surface area contributed by atoms with E-state index < -0.39 is 21.2 Å². The summed E-state index contributed by atoms with van der Waals surface area (Å²) in [7, 11) is -3.40. The van der Waals surface area contributed by atoms with E-state index in [9.17, 15) is 23.1 Å². The number of likely N-dealkylation sites (tertiary alicyclic amines) is 1. The maximum absolute atomic E-state index is 12.1. The van der Waals surface area contributed by atoms with Crippen LogP contribution in [0.4, 0.5) is 4.79 Å². The summed E-state index contributed by atoms with van der Waals surface area (Å²) >= 11 is 5.96. The topological polar surface area (TPSA) is 104 Å². The molecule has 0 saturated carbocycles. The molecule has 2 N–H and O–H groups in total. The number of carbonyl (C=O) groups excluding carboxylic acids is 1. The molecule has 0 bridgehead atoms. The number of rotatable bonds is 4. The summed E-state index contributed by atoms with van der Waals surface area (Å²) < 4.78 is 23.0. The van der Waals surface area contributed by atoms with Gasteiger partial charge in [0.05, 0.1) is 15.3 Å². The summed E-state index contributed by atoms with van der Waals surface area (Å²) in [5.74, 6) is -0.916. The van der Waals surface area contributed by atoms with E-state index in [-0.39, 0.29) is 29.0 Å². The predicted octanol–water partition coefficient (Wildman–Crippen LogP) is 1.75. The van der Waals surface area contributed by atoms with Crippen molar-refractivity contribution < 1.29 is 23.1 Å². The third kappa shape index (κ3) is 3.99. The monoisotopic (exact) mass is 374 g/mol. The van der Waals surface area contributed by atoms with E-state index in [2.05, 4.69) is 5.32 Å². The Balaban J connectivity index is 1.98. The minimum Gasteiger partial charge on any atom is -0.481 e. The standard InChI is InChI=1S/C15H19ClN2O5S/c1-15(13(19)20)5-6-18(9-15)14(21)17-8-10-3-4-12(11(16)7-10)24(2,22)23/h3-4,7H,5-6,8-9H2,1-2H3,(H,17,21)(H,19,20). The Bertz CT molecular complexity index is 780. The number of carboxylic acid groups (broad SMARTS) is 1. The van der Waals surface area contributed by atoms with E-state index in [0.29, 0.717) is 18.5 Å². The molecule has 1 aliphatic rings. The zero-order chi connectivity index (χ0) is 18.1. The Hall–Kier alpha value is -1.80. The second-order valence-electron chi connectivity index (χ2n) is 6.23. The molecule has 1 heterocycles. The normalized spacial score (nSPS) is 20.9. The quantitative estimate of drug-likeness (QED) is 0.835. The molecule has 1 unspecified atom stereocenters. The minimum atomic E-state index is -3.40. The molecule has 132 valence electrons. The van der Waals surface area contributed by atoms with Gasteiger partial charge >= 0.3 is 12.0 Å². The van der Waals surface area contributed by atoms with Crippen LogP contribution in [0, 0.1) is 5.41 Å². The minimum absolute atomic E-state index is 0.0380. The summed E-state index contributed by atoms with van der Waals surface area (Å²) in [6.07, 6.45) is 1.48. The third-order valence-electron chi connectivity index (χ3n) is 4.12. The van der Waals surface area contributed by atoms with Gasteiger partial charge in [-0.15, -0.1) is 0 Å². The summed E-state index contributed by atoms with van der Waals surface area (Å²) in [6.45, 7) is 2.32. The lowest BCUT2D eigenvalue weighted by molar-refractivity contribution is -0.147. The van der Waals surface area contributed by atoms with E-state index in [0.717, 1.165) is 6.26 Å². The highest BCUT2D eigenvalue weighted by Crippen LogP contribution is 2.30. The van der Waals surface area contributed by atoms with Crippen LogP contribution in [0.25, 0.3) is 0 Å². The highest BCUT2D eigenvalue weighted by molar-refractivity contribution is 7.90. The number of halogens is 1. The van der Waals surface area contributed by atoms with Crippen molar-refractivity contribution in [2.24, 2.45) is 5.41 Å². The number of carbonyl (C=O) groups is 2. The van der Waals surface area contributed by atoms with Gasteiger partial charge in [-0.05, 0) is 31.0 Å². The number of sulfone groups is 1. The molecule has 1 aromatic carbocycles. The average molecular weight is 375 g/mol.